The van der Waals surface area contributed by atoms with Crippen LogP contribution in [0.25, 0.3) is 0 Å². The highest BCUT2D eigenvalue weighted by Gasteiger charge is 2.30. The van der Waals surface area contributed by atoms with Crippen molar-refractivity contribution in [3.05, 3.63) is 0 Å². The van der Waals surface area contributed by atoms with E-state index in [1.165, 1.54) is 12.8 Å². The van der Waals surface area contributed by atoms with Crippen LogP contribution in [0.15, 0.2) is 0 Å². The van der Waals surface area contributed by atoms with Crippen LogP contribution in [-0.2, 0) is 0 Å². The Morgan fingerprint density at radius 2 is 1.27 bits per heavy atom. The van der Waals surface area contributed by atoms with E-state index >= 15 is 0 Å². The van der Waals surface area contributed by atoms with Gasteiger partial charge < -0.3 is 0 Å². The van der Waals surface area contributed by atoms with Crippen molar-refractivity contribution in [2.75, 3.05) is 0 Å². The van der Waals surface area contributed by atoms with Crippen LogP contribution < -0.4 is 0 Å². The molecule has 0 aromatic carbocycles. The third-order valence-corrected chi connectivity index (χ3v) is 3.80. The van der Waals surface area contributed by atoms with Crippen LogP contribution in [0, 0.1) is 17.8 Å². The molecular formula is C15H32. The zero-order chi connectivity index (χ0) is 11.7. The molecule has 2 bridgehead atoms. The molecule has 0 amide bonds. The molecule has 0 aliphatic heterocycles. The van der Waals surface area contributed by atoms with Gasteiger partial charge in [-0.1, -0.05) is 60.3 Å². The van der Waals surface area contributed by atoms with Crippen LogP contribution in [0.3, 0.4) is 0 Å². The minimum absolute atomic E-state index is 1.10. The van der Waals surface area contributed by atoms with E-state index in [1.807, 2.05) is 27.7 Å². The maximum absolute atomic E-state index is 2.37. The lowest BCUT2D eigenvalue weighted by molar-refractivity contribution is 0.135. The molecule has 0 heterocycles. The Bertz CT molecular complexity index is 116. The van der Waals surface area contributed by atoms with Crippen LogP contribution in [0.5, 0.6) is 0 Å². The number of fused-ring (bicyclic) bond motifs is 2. The minimum atomic E-state index is 1.10. The lowest BCUT2D eigenvalue weighted by atomic mass is 9.67. The van der Waals surface area contributed by atoms with Crippen LogP contribution in [0.2, 0.25) is 0 Å². The average Bonchev–Trinajstić information content (AvgIpc) is 2.33. The van der Waals surface area contributed by atoms with Crippen LogP contribution >= 0.6 is 0 Å². The van der Waals surface area contributed by atoms with E-state index in [4.69, 9.17) is 0 Å². The summed E-state index contributed by atoms with van der Waals surface area (Å²) in [6, 6.07) is 0. The Kier molecular flexibility index (Phi) is 9.24. The highest BCUT2D eigenvalue weighted by Crippen LogP contribution is 2.43. The van der Waals surface area contributed by atoms with Crippen LogP contribution in [0.1, 0.15) is 79.6 Å². The second kappa shape index (κ2) is 9.24. The highest BCUT2D eigenvalue weighted by atomic mass is 14.4. The maximum atomic E-state index is 2.37. The van der Waals surface area contributed by atoms with Gasteiger partial charge in [0.2, 0.25) is 0 Å². The SMILES string of the molecule is CC.CC.CCC1CC2CCCC(C1)C2. The summed E-state index contributed by atoms with van der Waals surface area (Å²) in [4.78, 5) is 0. The quantitative estimate of drug-likeness (QED) is 0.525. The molecule has 2 fully saturated rings. The van der Waals surface area contributed by atoms with Gasteiger partial charge in [0, 0.05) is 0 Å². The molecule has 92 valence electrons. The van der Waals surface area contributed by atoms with Gasteiger partial charge in [-0.3, -0.25) is 0 Å². The molecule has 0 aromatic heterocycles. The van der Waals surface area contributed by atoms with E-state index in [1.54, 1.807) is 32.1 Å². The van der Waals surface area contributed by atoms with Crippen molar-refractivity contribution in [1.82, 2.24) is 0 Å². The summed E-state index contributed by atoms with van der Waals surface area (Å²) in [6.07, 6.45) is 10.8. The Morgan fingerprint density at radius 1 is 0.800 bits per heavy atom. The van der Waals surface area contributed by atoms with E-state index in [0.717, 1.165) is 17.8 Å². The molecule has 2 saturated carbocycles. The minimum Gasteiger partial charge on any atom is -0.0683 e. The topological polar surface area (TPSA) is 0 Å². The highest BCUT2D eigenvalue weighted by molar-refractivity contribution is 4.82. The summed E-state index contributed by atoms with van der Waals surface area (Å²) in [5.74, 6) is 3.36. The van der Waals surface area contributed by atoms with Crippen molar-refractivity contribution >= 4 is 0 Å². The van der Waals surface area contributed by atoms with Crippen LogP contribution in [0.4, 0.5) is 0 Å². The first kappa shape index (κ1) is 15.0. The number of hydrogen-bond acceptors (Lipinski definition) is 0. The van der Waals surface area contributed by atoms with Crippen molar-refractivity contribution in [3.63, 3.8) is 0 Å². The largest absolute Gasteiger partial charge is 0.0683 e. The molecule has 2 aliphatic rings. The van der Waals surface area contributed by atoms with Gasteiger partial charge >= 0.3 is 0 Å². The molecule has 0 saturated heterocycles. The maximum Gasteiger partial charge on any atom is -0.0409 e. The molecule has 0 radical (unpaired) electrons. The summed E-state index contributed by atoms with van der Waals surface area (Å²) in [7, 11) is 0. The number of hydrogen-bond donors (Lipinski definition) is 0. The summed E-state index contributed by atoms with van der Waals surface area (Å²) < 4.78 is 0. The summed E-state index contributed by atoms with van der Waals surface area (Å²) >= 11 is 0. The van der Waals surface area contributed by atoms with Gasteiger partial charge in [-0.15, -0.1) is 0 Å². The van der Waals surface area contributed by atoms with Crippen molar-refractivity contribution in [3.8, 4) is 0 Å². The Labute approximate surface area is 97.8 Å². The fourth-order valence-corrected chi connectivity index (χ4v) is 3.20. The molecule has 2 unspecified atom stereocenters. The van der Waals surface area contributed by atoms with E-state index in [0.29, 0.717) is 0 Å². The van der Waals surface area contributed by atoms with Crippen molar-refractivity contribution in [1.29, 1.82) is 0 Å². The third-order valence-electron chi connectivity index (χ3n) is 3.80. The Hall–Kier alpha value is 0. The second-order valence-electron chi connectivity index (χ2n) is 4.64. The average molecular weight is 212 g/mol. The molecule has 0 nitrogen and oxygen atoms in total. The zero-order valence-electron chi connectivity index (χ0n) is 11.7. The van der Waals surface area contributed by atoms with Gasteiger partial charge in [-0.25, -0.2) is 0 Å². The molecule has 0 aromatic rings. The second-order valence-corrected chi connectivity index (χ2v) is 4.64. The van der Waals surface area contributed by atoms with Gasteiger partial charge in [-0.2, -0.15) is 0 Å². The fourth-order valence-electron chi connectivity index (χ4n) is 3.20. The van der Waals surface area contributed by atoms with Gasteiger partial charge in [0.15, 0.2) is 0 Å². The molecular weight excluding hydrogens is 180 g/mol. The van der Waals surface area contributed by atoms with E-state index < -0.39 is 0 Å². The van der Waals surface area contributed by atoms with E-state index in [-0.39, 0.29) is 0 Å². The van der Waals surface area contributed by atoms with Crippen molar-refractivity contribution < 1.29 is 0 Å². The summed E-state index contributed by atoms with van der Waals surface area (Å²) in [5.41, 5.74) is 0. The normalized spacial score (nSPS) is 33.0. The molecule has 2 rings (SSSR count). The van der Waals surface area contributed by atoms with E-state index in [9.17, 15) is 0 Å². The van der Waals surface area contributed by atoms with Crippen molar-refractivity contribution in [2.24, 2.45) is 17.8 Å². The first-order chi connectivity index (χ1) is 7.38. The monoisotopic (exact) mass is 212 g/mol. The number of rotatable bonds is 1. The fraction of sp³-hybridized carbons (Fsp3) is 1.00. The first-order valence-corrected chi connectivity index (χ1v) is 7.38. The first-order valence-electron chi connectivity index (χ1n) is 7.38. The summed E-state index contributed by atoms with van der Waals surface area (Å²) in [5, 5.41) is 0. The third kappa shape index (κ3) is 5.04. The van der Waals surface area contributed by atoms with Crippen LogP contribution in [-0.4, -0.2) is 0 Å². The smallest absolute Gasteiger partial charge is 0.0409 e. The zero-order valence-corrected chi connectivity index (χ0v) is 11.7. The van der Waals surface area contributed by atoms with E-state index in [2.05, 4.69) is 6.92 Å². The van der Waals surface area contributed by atoms with Gasteiger partial charge in [0.05, 0.1) is 0 Å². The lowest BCUT2D eigenvalue weighted by Crippen LogP contribution is -2.26. The molecule has 2 atom stereocenters. The summed E-state index contributed by atoms with van der Waals surface area (Å²) in [6.45, 7) is 10.4. The van der Waals surface area contributed by atoms with Gasteiger partial charge in [0.25, 0.3) is 0 Å². The van der Waals surface area contributed by atoms with Gasteiger partial charge in [0.1, 0.15) is 0 Å². The standard InChI is InChI=1S/C11H20.2C2H6/c1-2-9-6-10-4-3-5-11(7-9)8-10;2*1-2/h9-11H,2-8H2,1H3;2*1-2H3. The Balaban J connectivity index is 0.000000442. The molecule has 2 aliphatic carbocycles. The lowest BCUT2D eigenvalue weighted by Gasteiger charge is -2.38. The molecule has 15 heavy (non-hydrogen) atoms. The Morgan fingerprint density at radius 3 is 1.67 bits per heavy atom. The molecule has 0 N–H and O–H groups in total. The van der Waals surface area contributed by atoms with Gasteiger partial charge in [-0.05, 0) is 37.0 Å². The predicted octanol–water partition coefficient (Wildman–Crippen LogP) is 5.67. The molecule has 0 heteroatoms. The molecule has 0 spiro atoms. The van der Waals surface area contributed by atoms with Crippen molar-refractivity contribution in [2.45, 2.75) is 79.6 Å². The predicted molar refractivity (Wildman–Crippen MR) is 71.2 cm³/mol.